The first-order valence-electron chi connectivity index (χ1n) is 4.92. The van der Waals surface area contributed by atoms with Crippen molar-refractivity contribution in [3.63, 3.8) is 0 Å². The normalized spacial score (nSPS) is 16.5. The highest BCUT2D eigenvalue weighted by Gasteiger charge is 2.18. The number of oxazole rings is 1. The van der Waals surface area contributed by atoms with Gasteiger partial charge in [0.2, 0.25) is 0 Å². The first kappa shape index (κ1) is 9.06. The zero-order chi connectivity index (χ0) is 10.1. The van der Waals surface area contributed by atoms with Crippen LogP contribution < -0.4 is 0 Å². The molecular weight excluding hydrogens is 210 g/mol. The molecular formula is C10H11N3OS. The summed E-state index contributed by atoms with van der Waals surface area (Å²) in [6.45, 7) is 2.92. The Bertz CT molecular complexity index is 437. The van der Waals surface area contributed by atoms with Gasteiger partial charge in [-0.2, -0.15) is 0 Å². The molecule has 0 aliphatic carbocycles. The van der Waals surface area contributed by atoms with Crippen LogP contribution in [0.3, 0.4) is 0 Å². The monoisotopic (exact) mass is 221 g/mol. The molecule has 2 aromatic heterocycles. The molecule has 5 heteroatoms. The number of thiazole rings is 1. The van der Waals surface area contributed by atoms with Gasteiger partial charge < -0.3 is 4.42 Å². The van der Waals surface area contributed by atoms with E-state index in [4.69, 9.17) is 4.42 Å². The smallest absolute Gasteiger partial charge is 0.180 e. The number of rotatable bonds is 2. The van der Waals surface area contributed by atoms with Crippen molar-refractivity contribution in [1.82, 2.24) is 14.9 Å². The van der Waals surface area contributed by atoms with E-state index in [0.29, 0.717) is 0 Å². The van der Waals surface area contributed by atoms with Gasteiger partial charge in [0.05, 0.1) is 16.9 Å². The maximum atomic E-state index is 4.96. The Morgan fingerprint density at radius 2 is 2.47 bits per heavy atom. The van der Waals surface area contributed by atoms with Crippen LogP contribution in [0.2, 0.25) is 0 Å². The van der Waals surface area contributed by atoms with Gasteiger partial charge in [0.15, 0.2) is 6.39 Å². The lowest BCUT2D eigenvalue weighted by Gasteiger charge is -2.24. The third kappa shape index (κ3) is 1.80. The van der Waals surface area contributed by atoms with Gasteiger partial charge >= 0.3 is 0 Å². The van der Waals surface area contributed by atoms with Gasteiger partial charge in [-0.15, -0.1) is 11.3 Å². The van der Waals surface area contributed by atoms with Crippen LogP contribution in [0, 0.1) is 0 Å². The molecule has 0 atom stereocenters. The molecule has 1 aliphatic heterocycles. The molecule has 0 N–H and O–H groups in total. The lowest BCUT2D eigenvalue weighted by atomic mass is 10.2. The molecule has 0 fully saturated rings. The highest BCUT2D eigenvalue weighted by atomic mass is 32.1. The number of nitrogens with zero attached hydrogens (tertiary/aromatic N) is 3. The number of fused-ring (bicyclic) bond motifs is 1. The zero-order valence-electron chi connectivity index (χ0n) is 8.22. The van der Waals surface area contributed by atoms with Crippen molar-refractivity contribution >= 4 is 11.3 Å². The summed E-state index contributed by atoms with van der Waals surface area (Å²) >= 11 is 1.75. The fourth-order valence-electron chi connectivity index (χ4n) is 1.85. The predicted octanol–water partition coefficient (Wildman–Crippen LogP) is 1.69. The van der Waals surface area contributed by atoms with Crippen molar-refractivity contribution in [2.45, 2.75) is 19.5 Å². The molecule has 0 unspecified atom stereocenters. The van der Waals surface area contributed by atoms with Crippen LogP contribution in [-0.4, -0.2) is 21.4 Å². The van der Waals surface area contributed by atoms with Crippen LogP contribution in [0.25, 0.3) is 0 Å². The van der Waals surface area contributed by atoms with E-state index in [-0.39, 0.29) is 0 Å². The number of aromatic nitrogens is 2. The first-order chi connectivity index (χ1) is 7.42. The molecule has 3 rings (SSSR count). The van der Waals surface area contributed by atoms with Gasteiger partial charge in [-0.3, -0.25) is 4.90 Å². The van der Waals surface area contributed by atoms with E-state index in [9.17, 15) is 0 Å². The summed E-state index contributed by atoms with van der Waals surface area (Å²) in [6, 6.07) is 0. The molecule has 0 saturated heterocycles. The van der Waals surface area contributed by atoms with Crippen LogP contribution in [0.15, 0.2) is 22.6 Å². The minimum Gasteiger partial charge on any atom is -0.451 e. The van der Waals surface area contributed by atoms with Crippen molar-refractivity contribution in [3.05, 3.63) is 34.4 Å². The first-order valence-corrected chi connectivity index (χ1v) is 5.80. The molecule has 0 spiro atoms. The molecule has 15 heavy (non-hydrogen) atoms. The van der Waals surface area contributed by atoms with Crippen molar-refractivity contribution in [2.75, 3.05) is 6.54 Å². The summed E-state index contributed by atoms with van der Waals surface area (Å²) < 4.78 is 4.96. The van der Waals surface area contributed by atoms with Crippen molar-refractivity contribution < 1.29 is 4.42 Å². The van der Waals surface area contributed by atoms with E-state index >= 15 is 0 Å². The minimum absolute atomic E-state index is 0.869. The quantitative estimate of drug-likeness (QED) is 0.774. The van der Waals surface area contributed by atoms with Crippen LogP contribution in [-0.2, 0) is 19.5 Å². The van der Waals surface area contributed by atoms with E-state index in [0.717, 1.165) is 31.7 Å². The largest absolute Gasteiger partial charge is 0.451 e. The second-order valence-corrected chi connectivity index (χ2v) is 4.60. The molecule has 0 bridgehead atoms. The summed E-state index contributed by atoms with van der Waals surface area (Å²) in [4.78, 5) is 12.2. The standard InChI is InChI=1S/C10H11N3OS/c1-2-13(3-8-5-14-6-11-8)4-10-9(1)12-7-15-10/h5-7H,1-4H2. The lowest BCUT2D eigenvalue weighted by molar-refractivity contribution is 0.244. The predicted molar refractivity (Wildman–Crippen MR) is 56.4 cm³/mol. The van der Waals surface area contributed by atoms with E-state index in [1.165, 1.54) is 17.0 Å². The third-order valence-corrected chi connectivity index (χ3v) is 3.49. The van der Waals surface area contributed by atoms with Crippen molar-refractivity contribution in [2.24, 2.45) is 0 Å². The van der Waals surface area contributed by atoms with Gasteiger partial charge in [-0.05, 0) is 0 Å². The average molecular weight is 221 g/mol. The van der Waals surface area contributed by atoms with Crippen LogP contribution in [0.1, 0.15) is 16.3 Å². The Hall–Kier alpha value is -1.20. The Balaban J connectivity index is 1.71. The van der Waals surface area contributed by atoms with Gasteiger partial charge in [-0.1, -0.05) is 0 Å². The third-order valence-electron chi connectivity index (χ3n) is 2.63. The van der Waals surface area contributed by atoms with Crippen molar-refractivity contribution in [3.8, 4) is 0 Å². The highest BCUT2D eigenvalue weighted by Crippen LogP contribution is 2.22. The van der Waals surface area contributed by atoms with Gasteiger partial charge in [0.1, 0.15) is 6.26 Å². The average Bonchev–Trinajstić information content (AvgIpc) is 2.87. The molecule has 2 aromatic rings. The van der Waals surface area contributed by atoms with Crippen LogP contribution >= 0.6 is 11.3 Å². The van der Waals surface area contributed by atoms with Gasteiger partial charge in [-0.25, -0.2) is 9.97 Å². The molecule has 0 radical (unpaired) electrons. The molecule has 1 aliphatic rings. The Kier molecular flexibility index (Phi) is 2.26. The van der Waals surface area contributed by atoms with E-state index in [1.807, 2.05) is 5.51 Å². The molecule has 3 heterocycles. The summed E-state index contributed by atoms with van der Waals surface area (Å²) in [6.07, 6.45) is 4.25. The van der Waals surface area contributed by atoms with E-state index < -0.39 is 0 Å². The van der Waals surface area contributed by atoms with Crippen LogP contribution in [0.5, 0.6) is 0 Å². The molecule has 4 nitrogen and oxygen atoms in total. The topological polar surface area (TPSA) is 42.2 Å². The summed E-state index contributed by atoms with van der Waals surface area (Å²) in [5, 5.41) is 0. The van der Waals surface area contributed by atoms with Gasteiger partial charge in [0.25, 0.3) is 0 Å². The number of hydrogen-bond acceptors (Lipinski definition) is 5. The summed E-state index contributed by atoms with van der Waals surface area (Å²) in [5.41, 5.74) is 4.21. The SMILES string of the molecule is c1nc(CN2CCc3ncsc3C2)co1. The van der Waals surface area contributed by atoms with E-state index in [2.05, 4.69) is 14.9 Å². The summed E-state index contributed by atoms with van der Waals surface area (Å²) in [7, 11) is 0. The Morgan fingerprint density at radius 1 is 1.47 bits per heavy atom. The lowest BCUT2D eigenvalue weighted by Crippen LogP contribution is -2.29. The van der Waals surface area contributed by atoms with E-state index in [1.54, 1.807) is 17.6 Å². The van der Waals surface area contributed by atoms with Gasteiger partial charge in [0, 0.05) is 30.9 Å². The summed E-state index contributed by atoms with van der Waals surface area (Å²) in [5.74, 6) is 0. The maximum absolute atomic E-state index is 4.96. The van der Waals surface area contributed by atoms with Crippen molar-refractivity contribution in [1.29, 1.82) is 0 Å². The molecule has 0 amide bonds. The molecule has 0 aromatic carbocycles. The fourth-order valence-corrected chi connectivity index (χ4v) is 2.71. The Labute approximate surface area is 91.6 Å². The highest BCUT2D eigenvalue weighted by molar-refractivity contribution is 7.09. The fraction of sp³-hybridized carbons (Fsp3) is 0.400. The minimum atomic E-state index is 0.869. The Morgan fingerprint density at radius 3 is 3.33 bits per heavy atom. The zero-order valence-corrected chi connectivity index (χ0v) is 9.04. The molecule has 0 saturated carbocycles. The second-order valence-electron chi connectivity index (χ2n) is 3.66. The molecule has 78 valence electrons. The number of hydrogen-bond donors (Lipinski definition) is 0. The maximum Gasteiger partial charge on any atom is 0.180 e. The van der Waals surface area contributed by atoms with Crippen LogP contribution in [0.4, 0.5) is 0 Å². The second kappa shape index (κ2) is 3.75.